The molecule has 0 heterocycles. The van der Waals surface area contributed by atoms with Crippen LogP contribution in [0.15, 0.2) is 18.2 Å². The molecule has 110 valence electrons. The van der Waals surface area contributed by atoms with Gasteiger partial charge < -0.3 is 20.6 Å². The number of nitrogens with one attached hydrogen (secondary N) is 2. The molecule has 1 aromatic rings. The molecule has 1 aromatic carbocycles. The molecule has 3 N–H and O–H groups in total. The number of benzene rings is 1. The molecular formula is C13H18ClN3O3. The summed E-state index contributed by atoms with van der Waals surface area (Å²) in [5.41, 5.74) is 0.470. The number of carbonyl (C=O) groups excluding carboxylic acids is 1. The molecule has 0 spiro atoms. The summed E-state index contributed by atoms with van der Waals surface area (Å²) >= 11 is 5.84. The van der Waals surface area contributed by atoms with Gasteiger partial charge >= 0.3 is 12.0 Å². The summed E-state index contributed by atoms with van der Waals surface area (Å²) in [6.07, 6.45) is 0.846. The highest BCUT2D eigenvalue weighted by Gasteiger charge is 2.12. The molecule has 1 rings (SSSR count). The molecule has 0 fully saturated rings. The van der Waals surface area contributed by atoms with Crippen LogP contribution in [0.1, 0.15) is 16.8 Å². The van der Waals surface area contributed by atoms with Gasteiger partial charge in [-0.05, 0) is 38.2 Å². The van der Waals surface area contributed by atoms with E-state index in [0.29, 0.717) is 12.2 Å². The summed E-state index contributed by atoms with van der Waals surface area (Å²) in [6.45, 7) is 1.45. The lowest BCUT2D eigenvalue weighted by Crippen LogP contribution is -2.33. The van der Waals surface area contributed by atoms with Crippen molar-refractivity contribution in [2.24, 2.45) is 0 Å². The lowest BCUT2D eigenvalue weighted by Gasteiger charge is -2.18. The highest BCUT2D eigenvalue weighted by molar-refractivity contribution is 6.33. The Morgan fingerprint density at radius 3 is 2.65 bits per heavy atom. The predicted octanol–water partition coefficient (Wildman–Crippen LogP) is 2.11. The van der Waals surface area contributed by atoms with Crippen molar-refractivity contribution in [1.29, 1.82) is 0 Å². The molecule has 6 nitrogen and oxygen atoms in total. The molecule has 0 aliphatic carbocycles. The number of carboxylic acids is 1. The number of urea groups is 1. The van der Waals surface area contributed by atoms with Gasteiger partial charge in [-0.15, -0.1) is 0 Å². The monoisotopic (exact) mass is 299 g/mol. The molecule has 0 aliphatic rings. The van der Waals surface area contributed by atoms with E-state index in [0.717, 1.165) is 13.0 Å². The van der Waals surface area contributed by atoms with Gasteiger partial charge in [0.15, 0.2) is 0 Å². The second kappa shape index (κ2) is 7.72. The SMILES string of the molecule is CNCCCN(C)C(=O)Nc1ccc(C(=O)O)c(Cl)c1. The standard InChI is InChI=1S/C13H18ClN3O3/c1-15-6-3-7-17(2)13(20)16-9-4-5-10(12(18)19)11(14)8-9/h4-5,8,15H,3,6-7H2,1-2H3,(H,16,20)(H,18,19). The zero-order chi connectivity index (χ0) is 15.1. The summed E-state index contributed by atoms with van der Waals surface area (Å²) in [6, 6.07) is 4.03. The first kappa shape index (κ1) is 16.3. The highest BCUT2D eigenvalue weighted by Crippen LogP contribution is 2.21. The van der Waals surface area contributed by atoms with Crippen molar-refractivity contribution >= 4 is 29.3 Å². The molecule has 20 heavy (non-hydrogen) atoms. The molecule has 0 aromatic heterocycles. The van der Waals surface area contributed by atoms with Gasteiger partial charge in [0, 0.05) is 19.3 Å². The van der Waals surface area contributed by atoms with Crippen molar-refractivity contribution in [3.63, 3.8) is 0 Å². The number of rotatable bonds is 6. The van der Waals surface area contributed by atoms with Gasteiger partial charge in [-0.1, -0.05) is 11.6 Å². The first-order chi connectivity index (χ1) is 9.45. The third-order valence-corrected chi connectivity index (χ3v) is 3.03. The number of halogens is 1. The predicted molar refractivity (Wildman–Crippen MR) is 78.6 cm³/mol. The Morgan fingerprint density at radius 1 is 1.40 bits per heavy atom. The van der Waals surface area contributed by atoms with E-state index >= 15 is 0 Å². The third-order valence-electron chi connectivity index (χ3n) is 2.72. The Hall–Kier alpha value is -1.79. The third kappa shape index (κ3) is 4.71. The van der Waals surface area contributed by atoms with Gasteiger partial charge in [-0.3, -0.25) is 0 Å². The summed E-state index contributed by atoms with van der Waals surface area (Å²) < 4.78 is 0. The van der Waals surface area contributed by atoms with Crippen LogP contribution in [0.3, 0.4) is 0 Å². The lowest BCUT2D eigenvalue weighted by atomic mass is 10.2. The molecule has 0 saturated carbocycles. The van der Waals surface area contributed by atoms with Crippen molar-refractivity contribution in [3.05, 3.63) is 28.8 Å². The van der Waals surface area contributed by atoms with E-state index in [4.69, 9.17) is 16.7 Å². The van der Waals surface area contributed by atoms with Crippen LogP contribution in [0.4, 0.5) is 10.5 Å². The van der Waals surface area contributed by atoms with Crippen molar-refractivity contribution < 1.29 is 14.7 Å². The van der Waals surface area contributed by atoms with Crippen LogP contribution in [0.5, 0.6) is 0 Å². The number of carboxylic acid groups (broad SMARTS) is 1. The number of hydrogen-bond donors (Lipinski definition) is 3. The minimum atomic E-state index is -1.10. The zero-order valence-corrected chi connectivity index (χ0v) is 12.2. The topological polar surface area (TPSA) is 81.7 Å². The van der Waals surface area contributed by atoms with Gasteiger partial charge in [0.1, 0.15) is 0 Å². The maximum Gasteiger partial charge on any atom is 0.337 e. The first-order valence-electron chi connectivity index (χ1n) is 6.15. The summed E-state index contributed by atoms with van der Waals surface area (Å²) in [5, 5.41) is 14.6. The van der Waals surface area contributed by atoms with Crippen LogP contribution in [0, 0.1) is 0 Å². The van der Waals surface area contributed by atoms with Gasteiger partial charge in [0.2, 0.25) is 0 Å². The molecule has 0 saturated heterocycles. The normalized spacial score (nSPS) is 10.2. The van der Waals surface area contributed by atoms with E-state index in [1.807, 2.05) is 7.05 Å². The maximum absolute atomic E-state index is 11.9. The minimum Gasteiger partial charge on any atom is -0.478 e. The fourth-order valence-corrected chi connectivity index (χ4v) is 1.84. The molecular weight excluding hydrogens is 282 g/mol. The minimum absolute atomic E-state index is 0.00652. The van der Waals surface area contributed by atoms with Crippen molar-refractivity contribution in [2.75, 3.05) is 32.5 Å². The van der Waals surface area contributed by atoms with E-state index < -0.39 is 5.97 Å². The zero-order valence-electron chi connectivity index (χ0n) is 11.4. The fraction of sp³-hybridized carbons (Fsp3) is 0.385. The second-order valence-corrected chi connectivity index (χ2v) is 4.72. The molecule has 0 bridgehead atoms. The Kier molecular flexibility index (Phi) is 6.27. The molecule has 0 unspecified atom stereocenters. The Morgan fingerprint density at radius 2 is 2.10 bits per heavy atom. The smallest absolute Gasteiger partial charge is 0.337 e. The fourth-order valence-electron chi connectivity index (χ4n) is 1.58. The van der Waals surface area contributed by atoms with Crippen molar-refractivity contribution in [2.45, 2.75) is 6.42 Å². The molecule has 7 heteroatoms. The van der Waals surface area contributed by atoms with Gasteiger partial charge in [-0.2, -0.15) is 0 Å². The number of carbonyl (C=O) groups is 2. The second-order valence-electron chi connectivity index (χ2n) is 4.31. The Balaban J connectivity index is 2.62. The number of hydrogen-bond acceptors (Lipinski definition) is 3. The Labute approximate surface area is 122 Å². The number of nitrogens with zero attached hydrogens (tertiary/aromatic N) is 1. The van der Waals surface area contributed by atoms with Crippen LogP contribution < -0.4 is 10.6 Å². The highest BCUT2D eigenvalue weighted by atomic mass is 35.5. The molecule has 0 atom stereocenters. The van der Waals surface area contributed by atoms with Gasteiger partial charge in [0.05, 0.1) is 10.6 Å². The number of anilines is 1. The van der Waals surface area contributed by atoms with Gasteiger partial charge in [0.25, 0.3) is 0 Å². The number of amides is 2. The van der Waals surface area contributed by atoms with E-state index in [9.17, 15) is 9.59 Å². The molecule has 0 radical (unpaired) electrons. The molecule has 2 amide bonds. The summed E-state index contributed by atoms with van der Waals surface area (Å²) in [4.78, 5) is 24.2. The summed E-state index contributed by atoms with van der Waals surface area (Å²) in [5.74, 6) is -1.10. The van der Waals surface area contributed by atoms with Crippen LogP contribution in [-0.2, 0) is 0 Å². The van der Waals surface area contributed by atoms with Crippen molar-refractivity contribution in [1.82, 2.24) is 10.2 Å². The van der Waals surface area contributed by atoms with Crippen LogP contribution in [0.2, 0.25) is 5.02 Å². The van der Waals surface area contributed by atoms with E-state index in [1.54, 1.807) is 11.9 Å². The lowest BCUT2D eigenvalue weighted by molar-refractivity contribution is 0.0697. The maximum atomic E-state index is 11.9. The van der Waals surface area contributed by atoms with Crippen LogP contribution in [0.25, 0.3) is 0 Å². The quantitative estimate of drug-likeness (QED) is 0.703. The number of aromatic carboxylic acids is 1. The van der Waals surface area contributed by atoms with E-state index in [1.165, 1.54) is 18.2 Å². The first-order valence-corrected chi connectivity index (χ1v) is 6.53. The van der Waals surface area contributed by atoms with Crippen LogP contribution >= 0.6 is 11.6 Å². The van der Waals surface area contributed by atoms with Crippen LogP contribution in [-0.4, -0.2) is 49.2 Å². The van der Waals surface area contributed by atoms with E-state index in [-0.39, 0.29) is 16.6 Å². The molecule has 0 aliphatic heterocycles. The van der Waals surface area contributed by atoms with Gasteiger partial charge in [-0.25, -0.2) is 9.59 Å². The average Bonchev–Trinajstić information content (AvgIpc) is 2.38. The van der Waals surface area contributed by atoms with E-state index in [2.05, 4.69) is 10.6 Å². The Bertz CT molecular complexity index is 494. The van der Waals surface area contributed by atoms with Crippen molar-refractivity contribution in [3.8, 4) is 0 Å². The summed E-state index contributed by atoms with van der Waals surface area (Å²) in [7, 11) is 3.55. The largest absolute Gasteiger partial charge is 0.478 e. The average molecular weight is 300 g/mol.